The number of rotatable bonds is 4. The van der Waals surface area contributed by atoms with Gasteiger partial charge in [-0.25, -0.2) is 4.79 Å². The van der Waals surface area contributed by atoms with Crippen molar-refractivity contribution in [3.63, 3.8) is 0 Å². The van der Waals surface area contributed by atoms with E-state index in [0.717, 1.165) is 0 Å². The summed E-state index contributed by atoms with van der Waals surface area (Å²) < 4.78 is 77.4. The highest BCUT2D eigenvalue weighted by molar-refractivity contribution is 5.97. The quantitative estimate of drug-likeness (QED) is 0.741. The number of amides is 1. The molecule has 5 nitrogen and oxygen atoms in total. The average Bonchev–Trinajstić information content (AvgIpc) is 2.57. The predicted molar refractivity (Wildman–Crippen MR) is 82.3 cm³/mol. The molecule has 1 aliphatic carbocycles. The molecule has 1 aromatic rings. The maximum Gasteiger partial charge on any atom is 0.416 e. The van der Waals surface area contributed by atoms with Crippen molar-refractivity contribution in [3.05, 3.63) is 34.9 Å². The minimum absolute atomic E-state index is 0.134. The highest BCUT2D eigenvalue weighted by Crippen LogP contribution is 2.36. The first kappa shape index (κ1) is 21.7. The number of benzene rings is 1. The van der Waals surface area contributed by atoms with Crippen LogP contribution in [0.5, 0.6) is 0 Å². The zero-order valence-electron chi connectivity index (χ0n) is 14.2. The summed E-state index contributed by atoms with van der Waals surface area (Å²) in [5.41, 5.74) is -4.35. The van der Waals surface area contributed by atoms with Gasteiger partial charge in [-0.2, -0.15) is 26.3 Å². The van der Waals surface area contributed by atoms with Gasteiger partial charge in [-0.3, -0.25) is 9.59 Å². The first-order chi connectivity index (χ1) is 12.8. The molecule has 0 aromatic heterocycles. The number of carboxylic acids is 1. The van der Waals surface area contributed by atoms with E-state index >= 15 is 0 Å². The lowest BCUT2D eigenvalue weighted by atomic mass is 9.83. The summed E-state index contributed by atoms with van der Waals surface area (Å²) in [6.07, 6.45) is -9.52. The number of carbonyl (C=O) groups excluding carboxylic acids is 2. The van der Waals surface area contributed by atoms with Crippen molar-refractivity contribution in [2.75, 3.05) is 0 Å². The molecule has 0 radical (unpaired) electrons. The molecule has 1 saturated carbocycles. The summed E-state index contributed by atoms with van der Waals surface area (Å²) in [6, 6.07) is -1.31. The van der Waals surface area contributed by atoms with Crippen LogP contribution in [0.3, 0.4) is 0 Å². The zero-order valence-corrected chi connectivity index (χ0v) is 14.2. The molecule has 1 amide bonds. The minimum Gasteiger partial charge on any atom is -0.480 e. The largest absolute Gasteiger partial charge is 0.480 e. The van der Waals surface area contributed by atoms with Crippen LogP contribution in [0.15, 0.2) is 18.2 Å². The normalized spacial score (nSPS) is 19.2. The number of nitrogens with one attached hydrogen (secondary N) is 1. The van der Waals surface area contributed by atoms with Crippen LogP contribution in [-0.4, -0.2) is 28.8 Å². The second-order valence-electron chi connectivity index (χ2n) is 6.48. The number of Topliss-reactive ketones (excluding diaryl/α,β-unsaturated/α-hetero) is 1. The Hall–Kier alpha value is -2.59. The fourth-order valence-electron chi connectivity index (χ4n) is 3.03. The van der Waals surface area contributed by atoms with Crippen molar-refractivity contribution in [1.29, 1.82) is 0 Å². The molecule has 11 heteroatoms. The Labute approximate surface area is 154 Å². The van der Waals surface area contributed by atoms with Crippen molar-refractivity contribution in [1.82, 2.24) is 5.32 Å². The van der Waals surface area contributed by atoms with Gasteiger partial charge in [-0.05, 0) is 37.0 Å². The standard InChI is InChI=1S/C17H15F6NO4/c18-16(19,20)10-4-9(5-11(7-10)17(21,22)23)14(26)24-13(15(27)28)8-2-1-3-12(25)6-8/h4-5,7-8,13H,1-3,6H2,(H,24,26)(H,27,28)/t8-,13+/m1/s1. The lowest BCUT2D eigenvalue weighted by Crippen LogP contribution is -2.47. The molecule has 2 N–H and O–H groups in total. The monoisotopic (exact) mass is 411 g/mol. The molecular weight excluding hydrogens is 396 g/mol. The van der Waals surface area contributed by atoms with Crippen molar-refractivity contribution in [2.45, 2.75) is 44.1 Å². The van der Waals surface area contributed by atoms with E-state index in [0.29, 0.717) is 6.42 Å². The molecule has 1 fully saturated rings. The maximum atomic E-state index is 12.9. The number of alkyl halides is 6. The summed E-state index contributed by atoms with van der Waals surface area (Å²) in [6.45, 7) is 0. The van der Waals surface area contributed by atoms with Crippen molar-refractivity contribution >= 4 is 17.7 Å². The summed E-state index contributed by atoms with van der Waals surface area (Å²) in [5.74, 6) is -3.95. The molecule has 0 unspecified atom stereocenters. The Bertz CT molecular complexity index is 755. The number of aliphatic carboxylic acids is 1. The third-order valence-corrected chi connectivity index (χ3v) is 4.39. The van der Waals surface area contributed by atoms with Crippen molar-refractivity contribution in [2.24, 2.45) is 5.92 Å². The molecule has 0 aliphatic heterocycles. The molecule has 0 bridgehead atoms. The van der Waals surface area contributed by atoms with E-state index in [4.69, 9.17) is 0 Å². The van der Waals surface area contributed by atoms with Crippen LogP contribution in [0.2, 0.25) is 0 Å². The number of carboxylic acid groups (broad SMARTS) is 1. The topological polar surface area (TPSA) is 83.5 Å². The Morgan fingerprint density at radius 2 is 1.57 bits per heavy atom. The number of ketones is 1. The molecular formula is C17H15F6NO4. The lowest BCUT2D eigenvalue weighted by Gasteiger charge is -2.27. The molecule has 1 aromatic carbocycles. The number of carbonyl (C=O) groups is 3. The zero-order chi connectivity index (χ0) is 21.3. The van der Waals surface area contributed by atoms with E-state index in [1.165, 1.54) is 0 Å². The van der Waals surface area contributed by atoms with Gasteiger partial charge in [-0.1, -0.05) is 0 Å². The van der Waals surface area contributed by atoms with Gasteiger partial charge in [-0.15, -0.1) is 0 Å². The molecule has 0 spiro atoms. The van der Waals surface area contributed by atoms with E-state index in [1.54, 1.807) is 0 Å². The Kier molecular flexibility index (Phi) is 6.05. The summed E-state index contributed by atoms with van der Waals surface area (Å²) >= 11 is 0. The molecule has 1 aliphatic rings. The number of hydrogen-bond donors (Lipinski definition) is 2. The van der Waals surface area contributed by atoms with Crippen LogP contribution in [-0.2, 0) is 21.9 Å². The molecule has 0 heterocycles. The van der Waals surface area contributed by atoms with Gasteiger partial charge < -0.3 is 10.4 Å². The van der Waals surface area contributed by atoms with Gasteiger partial charge in [0.25, 0.3) is 5.91 Å². The third kappa shape index (κ3) is 5.23. The van der Waals surface area contributed by atoms with Gasteiger partial charge in [0.15, 0.2) is 0 Å². The SMILES string of the molecule is O=C1CCC[C@@H]([C@H](NC(=O)c2cc(C(F)(F)F)cc(C(F)(F)F)c2)C(=O)O)C1. The van der Waals surface area contributed by atoms with E-state index in [2.05, 4.69) is 0 Å². The first-order valence-electron chi connectivity index (χ1n) is 8.14. The van der Waals surface area contributed by atoms with Crippen molar-refractivity contribution < 1.29 is 45.8 Å². The Balaban J connectivity index is 2.35. The predicted octanol–water partition coefficient (Wildman–Crippen LogP) is 3.67. The van der Waals surface area contributed by atoms with Crippen molar-refractivity contribution in [3.8, 4) is 0 Å². The lowest BCUT2D eigenvalue weighted by molar-refractivity contribution is -0.144. The van der Waals surface area contributed by atoms with Crippen LogP contribution in [0.4, 0.5) is 26.3 Å². The minimum atomic E-state index is -5.14. The second kappa shape index (κ2) is 7.80. The Morgan fingerprint density at radius 3 is 2.00 bits per heavy atom. The summed E-state index contributed by atoms with van der Waals surface area (Å²) in [5, 5.41) is 11.2. The molecule has 28 heavy (non-hydrogen) atoms. The average molecular weight is 411 g/mol. The van der Waals surface area contributed by atoms with Gasteiger partial charge >= 0.3 is 18.3 Å². The van der Waals surface area contributed by atoms with Crippen LogP contribution in [0.1, 0.15) is 47.2 Å². The fraction of sp³-hybridized carbons (Fsp3) is 0.471. The second-order valence-corrected chi connectivity index (χ2v) is 6.48. The molecule has 2 atom stereocenters. The number of halogens is 6. The van der Waals surface area contributed by atoms with Gasteiger partial charge in [0.2, 0.25) is 0 Å². The van der Waals surface area contributed by atoms with Crippen LogP contribution in [0.25, 0.3) is 0 Å². The highest BCUT2D eigenvalue weighted by Gasteiger charge is 2.38. The van der Waals surface area contributed by atoms with Crippen LogP contribution >= 0.6 is 0 Å². The number of hydrogen-bond acceptors (Lipinski definition) is 3. The molecule has 154 valence electrons. The maximum absolute atomic E-state index is 12.9. The summed E-state index contributed by atoms with van der Waals surface area (Å²) in [7, 11) is 0. The van der Waals surface area contributed by atoms with E-state index < -0.39 is 52.9 Å². The van der Waals surface area contributed by atoms with E-state index in [1.807, 2.05) is 5.32 Å². The fourth-order valence-corrected chi connectivity index (χ4v) is 3.03. The molecule has 0 saturated heterocycles. The van der Waals surface area contributed by atoms with Crippen LogP contribution < -0.4 is 5.32 Å². The van der Waals surface area contributed by atoms with E-state index in [9.17, 15) is 45.8 Å². The smallest absolute Gasteiger partial charge is 0.416 e. The Morgan fingerprint density at radius 1 is 1.04 bits per heavy atom. The third-order valence-electron chi connectivity index (χ3n) is 4.39. The molecule has 2 rings (SSSR count). The first-order valence-corrected chi connectivity index (χ1v) is 8.14. The highest BCUT2D eigenvalue weighted by atomic mass is 19.4. The van der Waals surface area contributed by atoms with Gasteiger partial charge in [0.05, 0.1) is 11.1 Å². The van der Waals surface area contributed by atoms with Gasteiger partial charge in [0, 0.05) is 18.4 Å². The van der Waals surface area contributed by atoms with Crippen LogP contribution in [0, 0.1) is 5.92 Å². The summed E-state index contributed by atoms with van der Waals surface area (Å²) in [4.78, 5) is 35.2. The van der Waals surface area contributed by atoms with Gasteiger partial charge in [0.1, 0.15) is 11.8 Å². The van der Waals surface area contributed by atoms with E-state index in [-0.39, 0.29) is 43.2 Å².